The predicted octanol–water partition coefficient (Wildman–Crippen LogP) is -3.16. The minimum Gasteiger partial charge on any atom is -0.481 e. The second-order valence-corrected chi connectivity index (χ2v) is 7.81. The van der Waals surface area contributed by atoms with Crippen molar-refractivity contribution in [1.82, 2.24) is 15.5 Å². The zero-order chi connectivity index (χ0) is 25.1. The van der Waals surface area contributed by atoms with Crippen LogP contribution in [0.15, 0.2) is 0 Å². The molecule has 14 heteroatoms. The minimum absolute atomic E-state index is 0.286. The number of rotatable bonds is 14. The number of unbranched alkanes of at least 4 members (excludes halogenated alkanes) is 1. The fourth-order valence-corrected chi connectivity index (χ4v) is 3.47. The summed E-state index contributed by atoms with van der Waals surface area (Å²) in [4.78, 5) is 72.7. The Morgan fingerprint density at radius 2 is 1.67 bits per heavy atom. The molecule has 1 aliphatic heterocycles. The third-order valence-electron chi connectivity index (χ3n) is 5.16. The Hall–Kier alpha value is -3.26. The van der Waals surface area contributed by atoms with Crippen molar-refractivity contribution in [1.29, 1.82) is 0 Å². The fourth-order valence-electron chi connectivity index (χ4n) is 3.47. The Morgan fingerprint density at radius 1 is 1.00 bits per heavy atom. The van der Waals surface area contributed by atoms with Gasteiger partial charge in [-0.15, -0.1) is 0 Å². The molecule has 4 atom stereocenters. The van der Waals surface area contributed by atoms with Gasteiger partial charge in [-0.2, -0.15) is 0 Å². The zero-order valence-corrected chi connectivity index (χ0v) is 18.2. The third-order valence-corrected chi connectivity index (χ3v) is 5.16. The van der Waals surface area contributed by atoms with Crippen LogP contribution < -0.4 is 27.8 Å². The summed E-state index contributed by atoms with van der Waals surface area (Å²) in [6.07, 6.45) is 1.000. The maximum Gasteiger partial charge on any atom is 0.326 e. The first kappa shape index (κ1) is 27.8. The number of primary amides is 1. The summed E-state index contributed by atoms with van der Waals surface area (Å²) >= 11 is 0. The molecule has 0 saturated carbocycles. The average molecular weight is 472 g/mol. The number of hydrogen-bond acceptors (Lipinski definition) is 8. The summed E-state index contributed by atoms with van der Waals surface area (Å²) in [5.41, 5.74) is 16.5. The summed E-state index contributed by atoms with van der Waals surface area (Å²) in [6.45, 7) is 0.752. The van der Waals surface area contributed by atoms with Crippen molar-refractivity contribution in [2.45, 2.75) is 69.1 Å². The van der Waals surface area contributed by atoms with Crippen LogP contribution in [0.2, 0.25) is 0 Å². The van der Waals surface area contributed by atoms with E-state index in [1.807, 2.05) is 5.32 Å². The van der Waals surface area contributed by atoms with Crippen LogP contribution in [0.3, 0.4) is 0 Å². The van der Waals surface area contributed by atoms with Gasteiger partial charge in [-0.05, 0) is 32.2 Å². The van der Waals surface area contributed by atoms with Crippen LogP contribution in [0.4, 0.5) is 0 Å². The second kappa shape index (κ2) is 13.3. The number of likely N-dealkylation sites (tertiary alicyclic amines) is 1. The van der Waals surface area contributed by atoms with E-state index in [0.29, 0.717) is 38.6 Å². The molecule has 1 saturated heterocycles. The molecule has 10 N–H and O–H groups in total. The first-order valence-corrected chi connectivity index (χ1v) is 10.6. The number of carbonyl (C=O) groups excluding carboxylic acids is 4. The topological polar surface area (TPSA) is 248 Å². The van der Waals surface area contributed by atoms with Crippen molar-refractivity contribution in [2.24, 2.45) is 17.2 Å². The highest BCUT2D eigenvalue weighted by Crippen LogP contribution is 2.19. The molecule has 14 nitrogen and oxygen atoms in total. The fraction of sp³-hybridized carbons (Fsp3) is 0.684. The third kappa shape index (κ3) is 9.02. The van der Waals surface area contributed by atoms with E-state index in [4.69, 9.17) is 27.4 Å². The Morgan fingerprint density at radius 3 is 2.21 bits per heavy atom. The van der Waals surface area contributed by atoms with Gasteiger partial charge in [0.1, 0.15) is 18.1 Å². The quantitative estimate of drug-likeness (QED) is 0.125. The summed E-state index contributed by atoms with van der Waals surface area (Å²) in [5, 5.41) is 22.2. The lowest BCUT2D eigenvalue weighted by atomic mass is 10.1. The molecule has 1 heterocycles. The Labute approximate surface area is 190 Å². The highest BCUT2D eigenvalue weighted by Gasteiger charge is 2.38. The number of aliphatic carboxylic acids is 2. The minimum atomic E-state index is -1.78. The van der Waals surface area contributed by atoms with Crippen LogP contribution in [0.25, 0.3) is 0 Å². The SMILES string of the molecule is NCCCCC(N)C(=O)N1CCCC1C(=O)NC(CC(N)=O)C(=O)NC(CC(=O)O)C(=O)O. The first-order chi connectivity index (χ1) is 15.5. The first-order valence-electron chi connectivity index (χ1n) is 10.6. The van der Waals surface area contributed by atoms with E-state index in [1.165, 1.54) is 4.90 Å². The van der Waals surface area contributed by atoms with Crippen LogP contribution in [0.5, 0.6) is 0 Å². The molecule has 186 valence electrons. The molecule has 0 aromatic heterocycles. The summed E-state index contributed by atoms with van der Waals surface area (Å²) in [7, 11) is 0. The molecule has 0 aliphatic carbocycles. The molecular weight excluding hydrogens is 440 g/mol. The van der Waals surface area contributed by atoms with Crippen molar-refractivity contribution in [2.75, 3.05) is 13.1 Å². The predicted molar refractivity (Wildman–Crippen MR) is 113 cm³/mol. The van der Waals surface area contributed by atoms with Gasteiger partial charge in [0.15, 0.2) is 0 Å². The molecule has 0 aromatic carbocycles. The summed E-state index contributed by atoms with van der Waals surface area (Å²) in [5.74, 6) is -6.28. The number of amides is 4. The summed E-state index contributed by atoms with van der Waals surface area (Å²) in [6, 6.07) is -5.09. The highest BCUT2D eigenvalue weighted by atomic mass is 16.4. The van der Waals surface area contributed by atoms with Crippen molar-refractivity contribution in [3.8, 4) is 0 Å². The monoisotopic (exact) mass is 472 g/mol. The standard InChI is InChI=1S/C19H32N6O8/c20-6-2-1-4-10(21)18(31)25-7-3-5-13(25)17(30)23-11(8-14(22)26)16(29)24-12(19(32)33)9-15(27)28/h10-13H,1-9,20-21H2,(H2,22,26)(H,23,30)(H,24,29)(H,27,28)(H,32,33). The van der Waals surface area contributed by atoms with Crippen LogP contribution in [-0.2, 0) is 28.8 Å². The van der Waals surface area contributed by atoms with Gasteiger partial charge in [-0.25, -0.2) is 4.79 Å². The van der Waals surface area contributed by atoms with E-state index in [2.05, 4.69) is 5.32 Å². The average Bonchev–Trinajstić information content (AvgIpc) is 3.21. The lowest BCUT2D eigenvalue weighted by molar-refractivity contribution is -0.147. The zero-order valence-electron chi connectivity index (χ0n) is 18.2. The molecule has 0 aromatic rings. The van der Waals surface area contributed by atoms with Crippen LogP contribution in [0.1, 0.15) is 44.9 Å². The second-order valence-electron chi connectivity index (χ2n) is 7.81. The van der Waals surface area contributed by atoms with Gasteiger partial charge >= 0.3 is 11.9 Å². The van der Waals surface area contributed by atoms with E-state index < -0.39 is 72.6 Å². The van der Waals surface area contributed by atoms with Crippen molar-refractivity contribution in [3.05, 3.63) is 0 Å². The van der Waals surface area contributed by atoms with Crippen LogP contribution in [0, 0.1) is 0 Å². The molecule has 4 amide bonds. The Kier molecular flexibility index (Phi) is 11.2. The number of carboxylic acids is 2. The van der Waals surface area contributed by atoms with Gasteiger partial charge in [0.2, 0.25) is 23.6 Å². The van der Waals surface area contributed by atoms with Gasteiger partial charge in [0.05, 0.1) is 18.9 Å². The van der Waals surface area contributed by atoms with E-state index in [1.54, 1.807) is 0 Å². The van der Waals surface area contributed by atoms with Gasteiger partial charge in [0, 0.05) is 6.54 Å². The number of nitrogens with two attached hydrogens (primary N) is 3. The van der Waals surface area contributed by atoms with Gasteiger partial charge in [-0.3, -0.25) is 24.0 Å². The van der Waals surface area contributed by atoms with Crippen molar-refractivity contribution < 1.29 is 39.0 Å². The van der Waals surface area contributed by atoms with Gasteiger partial charge < -0.3 is 42.9 Å². The molecule has 0 spiro atoms. The Bertz CT molecular complexity index is 761. The lowest BCUT2D eigenvalue weighted by Gasteiger charge is -2.28. The number of nitrogens with zero attached hydrogens (tertiary/aromatic N) is 1. The normalized spacial score (nSPS) is 18.1. The molecule has 0 radical (unpaired) electrons. The highest BCUT2D eigenvalue weighted by molar-refractivity contribution is 5.96. The number of nitrogens with one attached hydrogen (secondary N) is 2. The molecule has 0 bridgehead atoms. The van der Waals surface area contributed by atoms with E-state index >= 15 is 0 Å². The molecule has 1 fully saturated rings. The molecule has 33 heavy (non-hydrogen) atoms. The van der Waals surface area contributed by atoms with E-state index in [9.17, 15) is 28.8 Å². The molecule has 1 rings (SSSR count). The molecular formula is C19H32N6O8. The van der Waals surface area contributed by atoms with Gasteiger partial charge in [0.25, 0.3) is 0 Å². The largest absolute Gasteiger partial charge is 0.481 e. The van der Waals surface area contributed by atoms with E-state index in [-0.39, 0.29) is 6.54 Å². The maximum atomic E-state index is 12.8. The number of carboxylic acid groups (broad SMARTS) is 2. The van der Waals surface area contributed by atoms with E-state index in [0.717, 1.165) is 0 Å². The van der Waals surface area contributed by atoms with Crippen molar-refractivity contribution >= 4 is 35.6 Å². The number of carbonyl (C=O) groups is 6. The molecule has 4 unspecified atom stereocenters. The van der Waals surface area contributed by atoms with Crippen LogP contribution >= 0.6 is 0 Å². The van der Waals surface area contributed by atoms with Gasteiger partial charge in [-0.1, -0.05) is 6.42 Å². The lowest BCUT2D eigenvalue weighted by Crippen LogP contribution is -2.57. The van der Waals surface area contributed by atoms with Crippen molar-refractivity contribution in [3.63, 3.8) is 0 Å². The number of hydrogen-bond donors (Lipinski definition) is 7. The van der Waals surface area contributed by atoms with Crippen LogP contribution in [-0.4, -0.2) is 87.9 Å². The maximum absolute atomic E-state index is 12.8. The molecule has 1 aliphatic rings. The smallest absolute Gasteiger partial charge is 0.326 e. The summed E-state index contributed by atoms with van der Waals surface area (Å²) < 4.78 is 0. The Balaban J connectivity index is 2.88.